The second-order valence-electron chi connectivity index (χ2n) is 5.85. The van der Waals surface area contributed by atoms with Gasteiger partial charge in [-0.25, -0.2) is 4.68 Å². The minimum Gasteiger partial charge on any atom is -0.346 e. The average Bonchev–Trinajstić information content (AvgIpc) is 3.00. The number of aromatic nitrogens is 3. The SMILES string of the molecule is Cc1ccc(-n2cc(C(=O)NC3CCCNC3C)nn2)cc1. The summed E-state index contributed by atoms with van der Waals surface area (Å²) in [6.07, 6.45) is 3.73. The van der Waals surface area contributed by atoms with Gasteiger partial charge in [0.1, 0.15) is 0 Å². The van der Waals surface area contributed by atoms with E-state index in [4.69, 9.17) is 0 Å². The lowest BCUT2D eigenvalue weighted by atomic mass is 10.00. The summed E-state index contributed by atoms with van der Waals surface area (Å²) in [5.74, 6) is -0.168. The van der Waals surface area contributed by atoms with Gasteiger partial charge in [-0.15, -0.1) is 5.10 Å². The molecular weight excluding hydrogens is 278 g/mol. The van der Waals surface area contributed by atoms with Gasteiger partial charge in [-0.2, -0.15) is 0 Å². The number of benzene rings is 1. The molecule has 116 valence electrons. The van der Waals surface area contributed by atoms with Crippen LogP contribution >= 0.6 is 0 Å². The number of carbonyl (C=O) groups excluding carboxylic acids is 1. The largest absolute Gasteiger partial charge is 0.346 e. The Bertz CT molecular complexity index is 649. The molecule has 0 spiro atoms. The minimum atomic E-state index is -0.168. The minimum absolute atomic E-state index is 0.144. The molecule has 22 heavy (non-hydrogen) atoms. The molecule has 1 amide bonds. The Balaban J connectivity index is 1.70. The summed E-state index contributed by atoms with van der Waals surface area (Å²) < 4.78 is 1.62. The number of piperidine rings is 1. The summed E-state index contributed by atoms with van der Waals surface area (Å²) >= 11 is 0. The monoisotopic (exact) mass is 299 g/mol. The van der Waals surface area contributed by atoms with Crippen LogP contribution in [-0.4, -0.2) is 39.5 Å². The molecule has 2 unspecified atom stereocenters. The third kappa shape index (κ3) is 3.17. The average molecular weight is 299 g/mol. The highest BCUT2D eigenvalue weighted by atomic mass is 16.2. The van der Waals surface area contributed by atoms with Crippen molar-refractivity contribution in [1.82, 2.24) is 25.6 Å². The first kappa shape index (κ1) is 14.7. The Morgan fingerprint density at radius 3 is 2.86 bits per heavy atom. The van der Waals surface area contributed by atoms with Crippen LogP contribution in [0, 0.1) is 6.92 Å². The Morgan fingerprint density at radius 2 is 2.14 bits per heavy atom. The smallest absolute Gasteiger partial charge is 0.273 e. The highest BCUT2D eigenvalue weighted by Gasteiger charge is 2.24. The lowest BCUT2D eigenvalue weighted by Gasteiger charge is -2.30. The zero-order chi connectivity index (χ0) is 15.5. The van der Waals surface area contributed by atoms with E-state index in [1.807, 2.05) is 31.2 Å². The summed E-state index contributed by atoms with van der Waals surface area (Å²) in [6.45, 7) is 5.13. The molecule has 1 aliphatic rings. The molecule has 0 bridgehead atoms. The molecule has 1 aliphatic heterocycles. The fourth-order valence-corrected chi connectivity index (χ4v) is 2.68. The maximum Gasteiger partial charge on any atom is 0.273 e. The third-order valence-corrected chi connectivity index (χ3v) is 4.10. The van der Waals surface area contributed by atoms with E-state index in [-0.39, 0.29) is 18.0 Å². The molecule has 3 rings (SSSR count). The standard InChI is InChI=1S/C16H21N5O/c1-11-5-7-13(8-6-11)21-10-15(19-20-21)16(22)18-14-4-3-9-17-12(14)2/h5-8,10,12,14,17H,3-4,9H2,1-2H3,(H,18,22). The van der Waals surface area contributed by atoms with Gasteiger partial charge in [-0.1, -0.05) is 22.9 Å². The van der Waals surface area contributed by atoms with Gasteiger partial charge in [-0.05, 0) is 45.4 Å². The molecule has 2 N–H and O–H groups in total. The predicted octanol–water partition coefficient (Wildman–Crippen LogP) is 1.45. The van der Waals surface area contributed by atoms with E-state index in [2.05, 4.69) is 27.9 Å². The van der Waals surface area contributed by atoms with Crippen LogP contribution in [0.1, 0.15) is 35.8 Å². The zero-order valence-electron chi connectivity index (χ0n) is 12.9. The number of hydrogen-bond donors (Lipinski definition) is 2. The molecule has 2 aromatic rings. The van der Waals surface area contributed by atoms with Crippen molar-refractivity contribution in [2.24, 2.45) is 0 Å². The van der Waals surface area contributed by atoms with Crippen LogP contribution in [0.15, 0.2) is 30.5 Å². The molecular formula is C16H21N5O. The Morgan fingerprint density at radius 1 is 1.36 bits per heavy atom. The maximum absolute atomic E-state index is 12.3. The lowest BCUT2D eigenvalue weighted by molar-refractivity contribution is 0.0914. The molecule has 0 radical (unpaired) electrons. The Kier molecular flexibility index (Phi) is 4.20. The lowest BCUT2D eigenvalue weighted by Crippen LogP contribution is -2.51. The molecule has 1 saturated heterocycles. The number of aryl methyl sites for hydroxylation is 1. The van der Waals surface area contributed by atoms with Crippen LogP contribution in [0.4, 0.5) is 0 Å². The van der Waals surface area contributed by atoms with Crippen molar-refractivity contribution in [2.75, 3.05) is 6.54 Å². The number of nitrogens with zero attached hydrogens (tertiary/aromatic N) is 3. The Hall–Kier alpha value is -2.21. The van der Waals surface area contributed by atoms with E-state index in [1.165, 1.54) is 5.56 Å². The van der Waals surface area contributed by atoms with Gasteiger partial charge in [0.25, 0.3) is 5.91 Å². The maximum atomic E-state index is 12.3. The second kappa shape index (κ2) is 6.27. The normalized spacial score (nSPS) is 21.5. The quantitative estimate of drug-likeness (QED) is 0.900. The van der Waals surface area contributed by atoms with Crippen molar-refractivity contribution in [1.29, 1.82) is 0 Å². The molecule has 1 fully saturated rings. The van der Waals surface area contributed by atoms with Gasteiger partial charge in [0.15, 0.2) is 5.69 Å². The zero-order valence-corrected chi connectivity index (χ0v) is 12.9. The van der Waals surface area contributed by atoms with Gasteiger partial charge in [0, 0.05) is 12.1 Å². The first-order valence-corrected chi connectivity index (χ1v) is 7.67. The molecule has 0 saturated carbocycles. The van der Waals surface area contributed by atoms with Gasteiger partial charge < -0.3 is 10.6 Å². The van der Waals surface area contributed by atoms with Crippen molar-refractivity contribution in [3.05, 3.63) is 41.7 Å². The van der Waals surface area contributed by atoms with Crippen molar-refractivity contribution >= 4 is 5.91 Å². The van der Waals surface area contributed by atoms with Crippen LogP contribution in [0.3, 0.4) is 0 Å². The van der Waals surface area contributed by atoms with Crippen LogP contribution in [0.2, 0.25) is 0 Å². The van der Waals surface area contributed by atoms with Crippen LogP contribution in [0.25, 0.3) is 5.69 Å². The molecule has 6 nitrogen and oxygen atoms in total. The summed E-state index contributed by atoms with van der Waals surface area (Å²) in [7, 11) is 0. The van der Waals surface area contributed by atoms with Crippen molar-refractivity contribution in [3.63, 3.8) is 0 Å². The third-order valence-electron chi connectivity index (χ3n) is 4.10. The van der Waals surface area contributed by atoms with E-state index < -0.39 is 0 Å². The topological polar surface area (TPSA) is 71.8 Å². The van der Waals surface area contributed by atoms with E-state index in [0.29, 0.717) is 5.69 Å². The van der Waals surface area contributed by atoms with Crippen LogP contribution < -0.4 is 10.6 Å². The highest BCUT2D eigenvalue weighted by molar-refractivity contribution is 5.92. The summed E-state index contributed by atoms with van der Waals surface area (Å²) in [6, 6.07) is 8.35. The molecule has 0 aliphatic carbocycles. The summed E-state index contributed by atoms with van der Waals surface area (Å²) in [5, 5.41) is 14.4. The van der Waals surface area contributed by atoms with Crippen molar-refractivity contribution in [3.8, 4) is 5.69 Å². The van der Waals surface area contributed by atoms with Gasteiger partial charge >= 0.3 is 0 Å². The molecule has 2 atom stereocenters. The fourth-order valence-electron chi connectivity index (χ4n) is 2.68. The van der Waals surface area contributed by atoms with E-state index in [9.17, 15) is 4.79 Å². The molecule has 6 heteroatoms. The Labute approximate surface area is 129 Å². The number of amides is 1. The first-order chi connectivity index (χ1) is 10.6. The van der Waals surface area contributed by atoms with E-state index in [0.717, 1.165) is 25.1 Å². The first-order valence-electron chi connectivity index (χ1n) is 7.67. The number of carbonyl (C=O) groups is 1. The van der Waals surface area contributed by atoms with Gasteiger partial charge in [0.2, 0.25) is 0 Å². The molecule has 1 aromatic carbocycles. The highest BCUT2D eigenvalue weighted by Crippen LogP contribution is 2.11. The van der Waals surface area contributed by atoms with Crippen LogP contribution in [-0.2, 0) is 0 Å². The molecule has 2 heterocycles. The summed E-state index contributed by atoms with van der Waals surface area (Å²) in [5.41, 5.74) is 2.42. The van der Waals surface area contributed by atoms with Gasteiger partial charge in [0.05, 0.1) is 11.9 Å². The van der Waals surface area contributed by atoms with Crippen LogP contribution in [0.5, 0.6) is 0 Å². The summed E-state index contributed by atoms with van der Waals surface area (Å²) in [4.78, 5) is 12.3. The van der Waals surface area contributed by atoms with Crippen molar-refractivity contribution in [2.45, 2.75) is 38.8 Å². The molecule has 1 aromatic heterocycles. The number of nitrogens with one attached hydrogen (secondary N) is 2. The number of rotatable bonds is 3. The van der Waals surface area contributed by atoms with E-state index in [1.54, 1.807) is 10.9 Å². The van der Waals surface area contributed by atoms with Gasteiger partial charge in [-0.3, -0.25) is 4.79 Å². The van der Waals surface area contributed by atoms with Crippen molar-refractivity contribution < 1.29 is 4.79 Å². The fraction of sp³-hybridized carbons (Fsp3) is 0.438. The predicted molar refractivity (Wildman–Crippen MR) is 84.0 cm³/mol. The second-order valence-corrected chi connectivity index (χ2v) is 5.85. The van der Waals surface area contributed by atoms with E-state index >= 15 is 0 Å². The number of hydrogen-bond acceptors (Lipinski definition) is 4.